The maximum atomic E-state index is 11.6. The summed E-state index contributed by atoms with van der Waals surface area (Å²) in [6.07, 6.45) is 1.73. The molecule has 1 fully saturated rings. The Hall–Kier alpha value is -0.870. The van der Waals surface area contributed by atoms with Crippen LogP contribution in [-0.4, -0.2) is 18.1 Å². The average Bonchev–Trinajstić information content (AvgIpc) is 2.66. The van der Waals surface area contributed by atoms with Gasteiger partial charge in [0.1, 0.15) is 12.1 Å². The number of nitrogens with one attached hydrogen (secondary N) is 1. The zero-order valence-corrected chi connectivity index (χ0v) is 12.2. The molecule has 1 aliphatic heterocycles. The molecule has 0 amide bonds. The fourth-order valence-corrected chi connectivity index (χ4v) is 2.54. The van der Waals surface area contributed by atoms with Crippen LogP contribution in [0.3, 0.4) is 0 Å². The zero-order chi connectivity index (χ0) is 13.1. The Labute approximate surface area is 116 Å². The molecule has 0 aliphatic carbocycles. The van der Waals surface area contributed by atoms with E-state index in [-0.39, 0.29) is 24.2 Å². The van der Waals surface area contributed by atoms with Gasteiger partial charge in [-0.1, -0.05) is 35.0 Å². The maximum absolute atomic E-state index is 11.6. The van der Waals surface area contributed by atoms with Crippen LogP contribution in [0.25, 0.3) is 0 Å². The topological polar surface area (TPSA) is 38.3 Å². The quantitative estimate of drug-likeness (QED) is 0.868. The summed E-state index contributed by atoms with van der Waals surface area (Å²) in [5.74, 6) is -0.127. The van der Waals surface area contributed by atoms with Gasteiger partial charge in [-0.05, 0) is 31.0 Å². The number of cyclic esters (lactones) is 1. The van der Waals surface area contributed by atoms with E-state index >= 15 is 0 Å². The van der Waals surface area contributed by atoms with Gasteiger partial charge in [-0.25, -0.2) is 0 Å². The van der Waals surface area contributed by atoms with Gasteiger partial charge in [-0.3, -0.25) is 10.1 Å². The van der Waals surface area contributed by atoms with Crippen molar-refractivity contribution < 1.29 is 9.53 Å². The summed E-state index contributed by atoms with van der Waals surface area (Å²) >= 11 is 3.43. The van der Waals surface area contributed by atoms with Crippen molar-refractivity contribution in [3.05, 3.63) is 34.3 Å². The van der Waals surface area contributed by atoms with E-state index in [2.05, 4.69) is 40.3 Å². The van der Waals surface area contributed by atoms with Crippen molar-refractivity contribution in [1.82, 2.24) is 5.32 Å². The average molecular weight is 312 g/mol. The molecule has 0 bridgehead atoms. The Bertz CT molecular complexity index is 418. The first-order valence-electron chi connectivity index (χ1n) is 6.32. The molecular formula is C14H18BrNO2. The zero-order valence-electron chi connectivity index (χ0n) is 10.7. The van der Waals surface area contributed by atoms with Crippen LogP contribution in [0.2, 0.25) is 0 Å². The Balaban J connectivity index is 2.05. The van der Waals surface area contributed by atoms with E-state index in [0.29, 0.717) is 0 Å². The molecular weight excluding hydrogens is 294 g/mol. The van der Waals surface area contributed by atoms with Crippen LogP contribution in [0.15, 0.2) is 28.7 Å². The summed E-state index contributed by atoms with van der Waals surface area (Å²) in [5.41, 5.74) is 1.20. The van der Waals surface area contributed by atoms with Crippen LogP contribution in [0.4, 0.5) is 0 Å². The van der Waals surface area contributed by atoms with E-state index in [4.69, 9.17) is 4.74 Å². The lowest BCUT2D eigenvalue weighted by Gasteiger charge is -2.20. The molecule has 1 N–H and O–H groups in total. The Morgan fingerprint density at radius 3 is 2.61 bits per heavy atom. The maximum Gasteiger partial charge on any atom is 0.323 e. The highest BCUT2D eigenvalue weighted by Gasteiger charge is 2.33. The molecule has 0 unspecified atom stereocenters. The van der Waals surface area contributed by atoms with Crippen molar-refractivity contribution in [2.45, 2.75) is 44.9 Å². The second kappa shape index (κ2) is 5.85. The van der Waals surface area contributed by atoms with Gasteiger partial charge in [0, 0.05) is 16.9 Å². The molecule has 0 aromatic heterocycles. The van der Waals surface area contributed by atoms with Crippen molar-refractivity contribution in [2.24, 2.45) is 0 Å². The first-order chi connectivity index (χ1) is 8.60. The first-order valence-corrected chi connectivity index (χ1v) is 7.11. The lowest BCUT2D eigenvalue weighted by Crippen LogP contribution is -2.36. The van der Waals surface area contributed by atoms with Crippen molar-refractivity contribution >= 4 is 21.9 Å². The Morgan fingerprint density at radius 1 is 1.44 bits per heavy atom. The SMILES string of the molecule is CC[C@H](N[C@@H]1C[C@@H](C)OC1=O)c1ccc(Br)cc1. The smallest absolute Gasteiger partial charge is 0.323 e. The molecule has 1 aromatic rings. The number of benzene rings is 1. The summed E-state index contributed by atoms with van der Waals surface area (Å²) in [4.78, 5) is 11.6. The number of rotatable bonds is 4. The van der Waals surface area contributed by atoms with E-state index in [1.54, 1.807) is 0 Å². The predicted molar refractivity (Wildman–Crippen MR) is 74.3 cm³/mol. The number of carbonyl (C=O) groups excluding carboxylic acids is 1. The monoisotopic (exact) mass is 311 g/mol. The minimum atomic E-state index is -0.173. The molecule has 0 spiro atoms. The molecule has 2 rings (SSSR count). The van der Waals surface area contributed by atoms with Gasteiger partial charge in [-0.15, -0.1) is 0 Å². The number of hydrogen-bond donors (Lipinski definition) is 1. The summed E-state index contributed by atoms with van der Waals surface area (Å²) in [7, 11) is 0. The molecule has 0 saturated carbocycles. The van der Waals surface area contributed by atoms with Crippen molar-refractivity contribution in [3.8, 4) is 0 Å². The first kappa shape index (κ1) is 13.6. The van der Waals surface area contributed by atoms with Crippen LogP contribution in [0.1, 0.15) is 38.3 Å². The largest absolute Gasteiger partial charge is 0.461 e. The highest BCUT2D eigenvalue weighted by molar-refractivity contribution is 9.10. The summed E-state index contributed by atoms with van der Waals surface area (Å²) in [6, 6.07) is 8.23. The standard InChI is InChI=1S/C14H18BrNO2/c1-3-12(10-4-6-11(15)7-5-10)16-13-8-9(2)18-14(13)17/h4-7,9,12-13,16H,3,8H2,1-2H3/t9-,12+,13-/m1/s1. The predicted octanol–water partition coefficient (Wildman–Crippen LogP) is 3.19. The number of halogens is 1. The highest BCUT2D eigenvalue weighted by Crippen LogP contribution is 2.23. The number of ether oxygens (including phenoxy) is 1. The van der Waals surface area contributed by atoms with Crippen LogP contribution in [-0.2, 0) is 9.53 Å². The molecule has 3 nitrogen and oxygen atoms in total. The van der Waals surface area contributed by atoms with Gasteiger partial charge < -0.3 is 4.74 Å². The second-order valence-corrected chi connectivity index (χ2v) is 5.63. The molecule has 3 atom stereocenters. The molecule has 98 valence electrons. The van der Waals surface area contributed by atoms with Gasteiger partial charge in [0.15, 0.2) is 0 Å². The number of carbonyl (C=O) groups is 1. The third-order valence-electron chi connectivity index (χ3n) is 3.25. The van der Waals surface area contributed by atoms with Crippen LogP contribution in [0, 0.1) is 0 Å². The minimum absolute atomic E-state index is 0.0254. The third-order valence-corrected chi connectivity index (χ3v) is 3.78. The van der Waals surface area contributed by atoms with Crippen LogP contribution in [0.5, 0.6) is 0 Å². The summed E-state index contributed by atoms with van der Waals surface area (Å²) in [5, 5.41) is 3.39. The lowest BCUT2D eigenvalue weighted by atomic mass is 10.0. The second-order valence-electron chi connectivity index (χ2n) is 4.71. The minimum Gasteiger partial charge on any atom is -0.461 e. The summed E-state index contributed by atoms with van der Waals surface area (Å²) in [6.45, 7) is 4.05. The fourth-order valence-electron chi connectivity index (χ4n) is 2.28. The van der Waals surface area contributed by atoms with Crippen molar-refractivity contribution in [1.29, 1.82) is 0 Å². The van der Waals surface area contributed by atoms with Crippen LogP contribution >= 0.6 is 15.9 Å². The van der Waals surface area contributed by atoms with E-state index in [9.17, 15) is 4.79 Å². The Kier molecular flexibility index (Phi) is 4.40. The summed E-state index contributed by atoms with van der Waals surface area (Å²) < 4.78 is 6.23. The normalized spacial score (nSPS) is 24.9. The highest BCUT2D eigenvalue weighted by atomic mass is 79.9. The van der Waals surface area contributed by atoms with E-state index < -0.39 is 0 Å². The third kappa shape index (κ3) is 3.12. The van der Waals surface area contributed by atoms with Gasteiger partial charge in [0.25, 0.3) is 0 Å². The molecule has 1 aromatic carbocycles. The molecule has 0 radical (unpaired) electrons. The molecule has 1 saturated heterocycles. The number of esters is 1. The fraction of sp³-hybridized carbons (Fsp3) is 0.500. The van der Waals surface area contributed by atoms with Gasteiger partial charge in [0.05, 0.1) is 0 Å². The Morgan fingerprint density at radius 2 is 2.11 bits per heavy atom. The van der Waals surface area contributed by atoms with Gasteiger partial charge in [-0.2, -0.15) is 0 Å². The molecule has 4 heteroatoms. The lowest BCUT2D eigenvalue weighted by molar-refractivity contribution is -0.142. The van der Waals surface area contributed by atoms with Crippen molar-refractivity contribution in [3.63, 3.8) is 0 Å². The van der Waals surface area contributed by atoms with E-state index in [1.165, 1.54) is 5.56 Å². The molecule has 18 heavy (non-hydrogen) atoms. The van der Waals surface area contributed by atoms with Crippen LogP contribution < -0.4 is 5.32 Å². The van der Waals surface area contributed by atoms with Gasteiger partial charge >= 0.3 is 5.97 Å². The van der Waals surface area contributed by atoms with E-state index in [1.807, 2.05) is 19.1 Å². The van der Waals surface area contributed by atoms with Gasteiger partial charge in [0.2, 0.25) is 0 Å². The van der Waals surface area contributed by atoms with E-state index in [0.717, 1.165) is 17.3 Å². The molecule has 1 heterocycles. The molecule has 1 aliphatic rings. The number of hydrogen-bond acceptors (Lipinski definition) is 3. The van der Waals surface area contributed by atoms with Crippen molar-refractivity contribution in [2.75, 3.05) is 0 Å².